The van der Waals surface area contributed by atoms with Gasteiger partial charge in [-0.1, -0.05) is 6.07 Å². The summed E-state index contributed by atoms with van der Waals surface area (Å²) in [6.45, 7) is 0.421. The van der Waals surface area contributed by atoms with E-state index < -0.39 is 0 Å². The van der Waals surface area contributed by atoms with Crippen LogP contribution >= 0.6 is 11.3 Å². The zero-order chi connectivity index (χ0) is 15.5. The number of aromatic nitrogens is 2. The molecule has 0 fully saturated rings. The second kappa shape index (κ2) is 6.19. The van der Waals surface area contributed by atoms with Gasteiger partial charge in [0.1, 0.15) is 5.75 Å². The lowest BCUT2D eigenvalue weighted by atomic mass is 10.1. The van der Waals surface area contributed by atoms with E-state index in [4.69, 9.17) is 4.74 Å². The number of amides is 1. The first-order valence-electron chi connectivity index (χ1n) is 6.95. The summed E-state index contributed by atoms with van der Waals surface area (Å²) in [5, 5.41) is 4.94. The van der Waals surface area contributed by atoms with Crippen LogP contribution in [0.3, 0.4) is 0 Å². The third-order valence-electron chi connectivity index (χ3n) is 3.54. The van der Waals surface area contributed by atoms with Gasteiger partial charge in [0.05, 0.1) is 30.9 Å². The number of hydrogen-bond acceptors (Lipinski definition) is 4. The number of fused-ring (bicyclic) bond motifs is 1. The van der Waals surface area contributed by atoms with Crippen LogP contribution in [0, 0.1) is 0 Å². The highest BCUT2D eigenvalue weighted by atomic mass is 32.1. The van der Waals surface area contributed by atoms with E-state index in [1.807, 2.05) is 41.3 Å². The minimum absolute atomic E-state index is 0.00340. The van der Waals surface area contributed by atoms with Crippen molar-refractivity contribution in [3.8, 4) is 5.75 Å². The van der Waals surface area contributed by atoms with Crippen molar-refractivity contribution in [1.29, 1.82) is 0 Å². The van der Waals surface area contributed by atoms with Crippen LogP contribution in [0.1, 0.15) is 10.4 Å². The number of ether oxygens (including phenoxy) is 1. The van der Waals surface area contributed by atoms with E-state index in [9.17, 15) is 4.79 Å². The third-order valence-corrected chi connectivity index (χ3v) is 4.41. The number of methoxy groups -OCH3 is 1. The quantitative estimate of drug-likeness (QED) is 0.787. The zero-order valence-electron chi connectivity index (χ0n) is 12.5. The predicted octanol–water partition coefficient (Wildman–Crippen LogP) is 2.50. The van der Waals surface area contributed by atoms with Crippen molar-refractivity contribution in [2.75, 3.05) is 7.11 Å². The average Bonchev–Trinajstić information content (AvgIpc) is 3.15. The Bertz CT molecular complexity index is 793. The highest BCUT2D eigenvalue weighted by Crippen LogP contribution is 2.27. The molecule has 0 unspecified atom stereocenters. The molecule has 114 valence electrons. The van der Waals surface area contributed by atoms with Crippen LogP contribution in [0.15, 0.2) is 36.0 Å². The Morgan fingerprint density at radius 3 is 3.00 bits per heavy atom. The molecule has 1 aromatic carbocycles. The van der Waals surface area contributed by atoms with Crippen molar-refractivity contribution in [3.63, 3.8) is 0 Å². The standard InChI is InChI=1S/C16H17N3O2S/c1-19-10-18-13-5-6-14(21-2)12(16(13)19)9-17-15(20)8-11-4-3-7-22-11/h3-7,10H,8-9H2,1-2H3,(H,17,20). The van der Waals surface area contributed by atoms with Crippen LogP contribution in [-0.2, 0) is 24.8 Å². The van der Waals surface area contributed by atoms with Gasteiger partial charge in [-0.25, -0.2) is 4.98 Å². The first-order valence-corrected chi connectivity index (χ1v) is 7.83. The number of carbonyl (C=O) groups is 1. The molecule has 0 saturated carbocycles. The molecule has 6 heteroatoms. The molecule has 3 rings (SSSR count). The predicted molar refractivity (Wildman–Crippen MR) is 87.1 cm³/mol. The van der Waals surface area contributed by atoms with Gasteiger partial charge in [0.2, 0.25) is 5.91 Å². The summed E-state index contributed by atoms with van der Waals surface area (Å²) >= 11 is 1.59. The molecule has 0 spiro atoms. The van der Waals surface area contributed by atoms with Gasteiger partial charge in [-0.05, 0) is 23.6 Å². The number of rotatable bonds is 5. The summed E-state index contributed by atoms with van der Waals surface area (Å²) in [5.74, 6) is 0.760. The van der Waals surface area contributed by atoms with Gasteiger partial charge < -0.3 is 14.6 Å². The number of carbonyl (C=O) groups excluding carboxylic acids is 1. The summed E-state index contributed by atoms with van der Waals surface area (Å²) in [6, 6.07) is 7.72. The second-order valence-electron chi connectivity index (χ2n) is 5.00. The number of nitrogens with zero attached hydrogens (tertiary/aromatic N) is 2. The normalized spacial score (nSPS) is 10.8. The highest BCUT2D eigenvalue weighted by Gasteiger charge is 2.13. The number of hydrogen-bond donors (Lipinski definition) is 1. The smallest absolute Gasteiger partial charge is 0.225 e. The second-order valence-corrected chi connectivity index (χ2v) is 6.03. The SMILES string of the molecule is COc1ccc2ncn(C)c2c1CNC(=O)Cc1cccs1. The average molecular weight is 315 g/mol. The Morgan fingerprint density at radius 2 is 2.27 bits per heavy atom. The maximum atomic E-state index is 12.1. The van der Waals surface area contributed by atoms with Gasteiger partial charge in [-0.3, -0.25) is 4.79 Å². The Kier molecular flexibility index (Phi) is 4.11. The topological polar surface area (TPSA) is 56.1 Å². The monoisotopic (exact) mass is 315 g/mol. The molecule has 0 aliphatic carbocycles. The van der Waals surface area contributed by atoms with E-state index >= 15 is 0 Å². The molecule has 0 aliphatic heterocycles. The number of benzene rings is 1. The molecule has 0 aliphatic rings. The van der Waals surface area contributed by atoms with Gasteiger partial charge in [-0.2, -0.15) is 0 Å². The summed E-state index contributed by atoms with van der Waals surface area (Å²) in [5.41, 5.74) is 2.82. The molecular weight excluding hydrogens is 298 g/mol. The van der Waals surface area contributed by atoms with Crippen molar-refractivity contribution in [1.82, 2.24) is 14.9 Å². The van der Waals surface area contributed by atoms with Gasteiger partial charge >= 0.3 is 0 Å². The lowest BCUT2D eigenvalue weighted by Gasteiger charge is -2.12. The first kappa shape index (κ1) is 14.6. The molecular formula is C16H17N3O2S. The van der Waals surface area contributed by atoms with Crippen LogP contribution in [0.5, 0.6) is 5.75 Å². The molecule has 2 aromatic heterocycles. The van der Waals surface area contributed by atoms with E-state index in [2.05, 4.69) is 10.3 Å². The summed E-state index contributed by atoms with van der Waals surface area (Å²) in [6.07, 6.45) is 2.17. The molecule has 0 radical (unpaired) electrons. The van der Waals surface area contributed by atoms with Crippen LogP contribution in [0.2, 0.25) is 0 Å². The molecule has 1 amide bonds. The van der Waals surface area contributed by atoms with Crippen molar-refractivity contribution in [2.24, 2.45) is 7.05 Å². The van der Waals surface area contributed by atoms with Gasteiger partial charge in [-0.15, -0.1) is 11.3 Å². The van der Waals surface area contributed by atoms with Crippen molar-refractivity contribution in [3.05, 3.63) is 46.4 Å². The fourth-order valence-corrected chi connectivity index (χ4v) is 3.20. The molecule has 22 heavy (non-hydrogen) atoms. The number of imidazole rings is 1. The highest BCUT2D eigenvalue weighted by molar-refractivity contribution is 7.10. The molecule has 3 aromatic rings. The first-order chi connectivity index (χ1) is 10.7. The van der Waals surface area contributed by atoms with Gasteiger partial charge in [0.15, 0.2) is 0 Å². The van der Waals surface area contributed by atoms with E-state index in [0.29, 0.717) is 13.0 Å². The van der Waals surface area contributed by atoms with E-state index in [1.54, 1.807) is 24.8 Å². The van der Waals surface area contributed by atoms with Crippen LogP contribution < -0.4 is 10.1 Å². The van der Waals surface area contributed by atoms with Crippen LogP contribution in [0.4, 0.5) is 0 Å². The molecule has 1 N–H and O–H groups in total. The van der Waals surface area contributed by atoms with Crippen LogP contribution in [-0.4, -0.2) is 22.6 Å². The van der Waals surface area contributed by atoms with Crippen molar-refractivity contribution >= 4 is 28.3 Å². The van der Waals surface area contributed by atoms with Crippen LogP contribution in [0.25, 0.3) is 11.0 Å². The maximum Gasteiger partial charge on any atom is 0.225 e. The lowest BCUT2D eigenvalue weighted by Crippen LogP contribution is -2.24. The number of aryl methyl sites for hydroxylation is 1. The third kappa shape index (κ3) is 2.82. The van der Waals surface area contributed by atoms with E-state index in [0.717, 1.165) is 27.2 Å². The fourth-order valence-electron chi connectivity index (χ4n) is 2.49. The van der Waals surface area contributed by atoms with Gasteiger partial charge in [0, 0.05) is 24.0 Å². The van der Waals surface area contributed by atoms with Gasteiger partial charge in [0.25, 0.3) is 0 Å². The molecule has 2 heterocycles. The minimum Gasteiger partial charge on any atom is -0.496 e. The summed E-state index contributed by atoms with van der Waals surface area (Å²) < 4.78 is 7.37. The maximum absolute atomic E-state index is 12.1. The Morgan fingerprint density at radius 1 is 1.41 bits per heavy atom. The number of thiophene rings is 1. The molecule has 5 nitrogen and oxygen atoms in total. The summed E-state index contributed by atoms with van der Waals surface area (Å²) in [4.78, 5) is 17.5. The fraction of sp³-hybridized carbons (Fsp3) is 0.250. The number of nitrogens with one attached hydrogen (secondary N) is 1. The lowest BCUT2D eigenvalue weighted by molar-refractivity contribution is -0.120. The Balaban J connectivity index is 1.80. The largest absolute Gasteiger partial charge is 0.496 e. The Hall–Kier alpha value is -2.34. The molecule has 0 atom stereocenters. The molecule has 0 saturated heterocycles. The molecule has 0 bridgehead atoms. The zero-order valence-corrected chi connectivity index (χ0v) is 13.3. The van der Waals surface area contributed by atoms with E-state index in [1.165, 1.54) is 0 Å². The van der Waals surface area contributed by atoms with Crippen molar-refractivity contribution < 1.29 is 9.53 Å². The van der Waals surface area contributed by atoms with E-state index in [-0.39, 0.29) is 5.91 Å². The minimum atomic E-state index is 0.00340. The Labute approximate surface area is 132 Å². The van der Waals surface area contributed by atoms with Crippen molar-refractivity contribution in [2.45, 2.75) is 13.0 Å². The summed E-state index contributed by atoms with van der Waals surface area (Å²) in [7, 11) is 3.57.